The maximum absolute atomic E-state index is 12.4. The highest BCUT2D eigenvalue weighted by atomic mass is 16.5. The molecule has 0 aliphatic carbocycles. The number of nitrogens with zero attached hydrogens (tertiary/aromatic N) is 2. The SMILES string of the molecule is CC(Oc1cccc(C#N)c1)C(=O)N1CCOC(CC(=O)O)C1. The number of rotatable bonds is 5. The summed E-state index contributed by atoms with van der Waals surface area (Å²) in [6, 6.07) is 8.59. The summed E-state index contributed by atoms with van der Waals surface area (Å²) >= 11 is 0. The average Bonchev–Trinajstić information content (AvgIpc) is 2.54. The van der Waals surface area contributed by atoms with Gasteiger partial charge in [-0.05, 0) is 25.1 Å². The second kappa shape index (κ2) is 7.61. The minimum atomic E-state index is -0.957. The highest BCUT2D eigenvalue weighted by molar-refractivity contribution is 5.81. The fourth-order valence-corrected chi connectivity index (χ4v) is 2.39. The maximum Gasteiger partial charge on any atom is 0.306 e. The number of benzene rings is 1. The second-order valence-electron chi connectivity index (χ2n) is 5.27. The molecular weight excluding hydrogens is 300 g/mol. The summed E-state index contributed by atoms with van der Waals surface area (Å²) in [5, 5.41) is 17.7. The molecule has 1 saturated heterocycles. The molecule has 0 radical (unpaired) electrons. The van der Waals surface area contributed by atoms with Gasteiger partial charge in [0, 0.05) is 13.1 Å². The van der Waals surface area contributed by atoms with Crippen molar-refractivity contribution >= 4 is 11.9 Å². The third-order valence-corrected chi connectivity index (χ3v) is 3.48. The lowest BCUT2D eigenvalue weighted by atomic mass is 10.2. The van der Waals surface area contributed by atoms with E-state index in [1.54, 1.807) is 36.1 Å². The molecule has 2 rings (SSSR count). The van der Waals surface area contributed by atoms with E-state index in [2.05, 4.69) is 0 Å². The average molecular weight is 318 g/mol. The molecule has 1 amide bonds. The topological polar surface area (TPSA) is 99.9 Å². The molecule has 122 valence electrons. The Kier molecular flexibility index (Phi) is 5.55. The first-order valence-electron chi connectivity index (χ1n) is 7.28. The molecular formula is C16H18N2O5. The zero-order valence-electron chi connectivity index (χ0n) is 12.8. The van der Waals surface area contributed by atoms with Crippen LogP contribution >= 0.6 is 0 Å². The van der Waals surface area contributed by atoms with Crippen molar-refractivity contribution in [1.29, 1.82) is 5.26 Å². The van der Waals surface area contributed by atoms with Crippen molar-refractivity contribution < 1.29 is 24.2 Å². The van der Waals surface area contributed by atoms with Gasteiger partial charge >= 0.3 is 5.97 Å². The monoisotopic (exact) mass is 318 g/mol. The molecule has 1 fully saturated rings. The minimum Gasteiger partial charge on any atom is -0.481 e. The van der Waals surface area contributed by atoms with Crippen molar-refractivity contribution in [2.24, 2.45) is 0 Å². The van der Waals surface area contributed by atoms with Crippen LogP contribution in [-0.4, -0.2) is 53.8 Å². The summed E-state index contributed by atoms with van der Waals surface area (Å²) in [4.78, 5) is 24.7. The molecule has 1 aromatic carbocycles. The molecule has 0 spiro atoms. The number of nitriles is 1. The maximum atomic E-state index is 12.4. The zero-order chi connectivity index (χ0) is 16.8. The van der Waals surface area contributed by atoms with Gasteiger partial charge < -0.3 is 19.5 Å². The molecule has 1 aliphatic rings. The third kappa shape index (κ3) is 4.69. The molecule has 2 atom stereocenters. The first-order valence-corrected chi connectivity index (χ1v) is 7.28. The number of hydrogen-bond donors (Lipinski definition) is 1. The number of ether oxygens (including phenoxy) is 2. The van der Waals surface area contributed by atoms with Crippen molar-refractivity contribution in [2.45, 2.75) is 25.6 Å². The van der Waals surface area contributed by atoms with E-state index in [9.17, 15) is 9.59 Å². The number of carbonyl (C=O) groups is 2. The highest BCUT2D eigenvalue weighted by Gasteiger charge is 2.29. The van der Waals surface area contributed by atoms with E-state index >= 15 is 0 Å². The molecule has 7 nitrogen and oxygen atoms in total. The lowest BCUT2D eigenvalue weighted by Crippen LogP contribution is -2.50. The smallest absolute Gasteiger partial charge is 0.306 e. The van der Waals surface area contributed by atoms with Crippen molar-refractivity contribution in [2.75, 3.05) is 19.7 Å². The van der Waals surface area contributed by atoms with Gasteiger partial charge in [-0.1, -0.05) is 6.07 Å². The zero-order valence-corrected chi connectivity index (χ0v) is 12.8. The molecule has 0 bridgehead atoms. The molecule has 23 heavy (non-hydrogen) atoms. The van der Waals surface area contributed by atoms with Gasteiger partial charge in [-0.25, -0.2) is 0 Å². The Morgan fingerprint density at radius 1 is 1.57 bits per heavy atom. The van der Waals surface area contributed by atoms with Gasteiger partial charge in [-0.3, -0.25) is 9.59 Å². The third-order valence-electron chi connectivity index (χ3n) is 3.48. The quantitative estimate of drug-likeness (QED) is 0.870. The second-order valence-corrected chi connectivity index (χ2v) is 5.27. The van der Waals surface area contributed by atoms with Gasteiger partial charge in [-0.2, -0.15) is 5.26 Å². The summed E-state index contributed by atoms with van der Waals surface area (Å²) in [6.07, 6.45) is -1.37. The summed E-state index contributed by atoms with van der Waals surface area (Å²) < 4.78 is 10.9. The molecule has 1 heterocycles. The number of carboxylic acids is 1. The first-order chi connectivity index (χ1) is 11.0. The van der Waals surface area contributed by atoms with Crippen LogP contribution in [0.25, 0.3) is 0 Å². The predicted octanol–water partition coefficient (Wildman–Crippen LogP) is 1.03. The van der Waals surface area contributed by atoms with Crippen LogP contribution < -0.4 is 4.74 Å². The van der Waals surface area contributed by atoms with Crippen LogP contribution in [0.2, 0.25) is 0 Å². The summed E-state index contributed by atoms with van der Waals surface area (Å²) in [6.45, 7) is 2.57. The van der Waals surface area contributed by atoms with E-state index in [0.29, 0.717) is 24.5 Å². The number of amides is 1. The van der Waals surface area contributed by atoms with Crippen LogP contribution in [0.3, 0.4) is 0 Å². The van der Waals surface area contributed by atoms with Gasteiger partial charge in [0.2, 0.25) is 0 Å². The van der Waals surface area contributed by atoms with Crippen molar-refractivity contribution in [3.63, 3.8) is 0 Å². The Bertz CT molecular complexity index is 625. The summed E-state index contributed by atoms with van der Waals surface area (Å²) in [5.74, 6) is -0.742. The molecule has 2 unspecified atom stereocenters. The lowest BCUT2D eigenvalue weighted by molar-refractivity contribution is -0.151. The number of carboxylic acid groups (broad SMARTS) is 1. The van der Waals surface area contributed by atoms with Gasteiger partial charge in [-0.15, -0.1) is 0 Å². The van der Waals surface area contributed by atoms with Crippen molar-refractivity contribution in [3.05, 3.63) is 29.8 Å². The van der Waals surface area contributed by atoms with Crippen LogP contribution in [0.1, 0.15) is 18.9 Å². The van der Waals surface area contributed by atoms with Gasteiger partial charge in [0.15, 0.2) is 6.10 Å². The van der Waals surface area contributed by atoms with E-state index in [1.165, 1.54) is 0 Å². The normalized spacial score (nSPS) is 18.8. The van der Waals surface area contributed by atoms with Crippen LogP contribution in [-0.2, 0) is 14.3 Å². The molecule has 0 saturated carbocycles. The van der Waals surface area contributed by atoms with E-state index in [4.69, 9.17) is 19.8 Å². The van der Waals surface area contributed by atoms with E-state index in [-0.39, 0.29) is 18.9 Å². The minimum absolute atomic E-state index is 0.136. The fraction of sp³-hybridized carbons (Fsp3) is 0.438. The van der Waals surface area contributed by atoms with Crippen LogP contribution in [0.5, 0.6) is 5.75 Å². The molecule has 0 aromatic heterocycles. The lowest BCUT2D eigenvalue weighted by Gasteiger charge is -2.33. The van der Waals surface area contributed by atoms with E-state index in [0.717, 1.165) is 0 Å². The fourth-order valence-electron chi connectivity index (χ4n) is 2.39. The number of carbonyl (C=O) groups excluding carboxylic acids is 1. The molecule has 1 aromatic rings. The Balaban J connectivity index is 1.96. The summed E-state index contributed by atoms with van der Waals surface area (Å²) in [5.41, 5.74) is 0.454. The van der Waals surface area contributed by atoms with Crippen molar-refractivity contribution in [3.8, 4) is 11.8 Å². The molecule has 1 aliphatic heterocycles. The van der Waals surface area contributed by atoms with Crippen LogP contribution in [0.15, 0.2) is 24.3 Å². The number of aliphatic carboxylic acids is 1. The van der Waals surface area contributed by atoms with Gasteiger partial charge in [0.25, 0.3) is 5.91 Å². The van der Waals surface area contributed by atoms with Gasteiger partial charge in [0.05, 0.1) is 30.8 Å². The van der Waals surface area contributed by atoms with Crippen molar-refractivity contribution in [1.82, 2.24) is 4.90 Å². The Morgan fingerprint density at radius 3 is 3.04 bits per heavy atom. The first kappa shape index (κ1) is 16.8. The Morgan fingerprint density at radius 2 is 2.35 bits per heavy atom. The standard InChI is InChI=1S/C16H18N2O5/c1-11(23-13-4-2-3-12(7-13)9-17)16(21)18-5-6-22-14(10-18)8-15(19)20/h2-4,7,11,14H,5-6,8,10H2,1H3,(H,19,20). The molecule has 1 N–H and O–H groups in total. The van der Waals surface area contributed by atoms with E-state index in [1.807, 2.05) is 6.07 Å². The van der Waals surface area contributed by atoms with Gasteiger partial charge in [0.1, 0.15) is 5.75 Å². The Hall–Kier alpha value is -2.59. The number of morpholine rings is 1. The highest BCUT2D eigenvalue weighted by Crippen LogP contribution is 2.16. The Labute approximate surface area is 134 Å². The van der Waals surface area contributed by atoms with E-state index < -0.39 is 18.2 Å². The summed E-state index contributed by atoms with van der Waals surface area (Å²) in [7, 11) is 0. The number of hydrogen-bond acceptors (Lipinski definition) is 5. The predicted molar refractivity (Wildman–Crippen MR) is 79.8 cm³/mol. The molecule has 7 heteroatoms. The largest absolute Gasteiger partial charge is 0.481 e. The van der Waals surface area contributed by atoms with Crippen LogP contribution in [0.4, 0.5) is 0 Å². The van der Waals surface area contributed by atoms with Crippen LogP contribution in [0, 0.1) is 11.3 Å².